The van der Waals surface area contributed by atoms with Gasteiger partial charge in [0, 0.05) is 12.6 Å². The number of carbonyl (C=O) groups is 2. The minimum absolute atomic E-state index is 0.00871. The number of hydrogen-bond acceptors (Lipinski definition) is 4. The summed E-state index contributed by atoms with van der Waals surface area (Å²) in [6.45, 7) is 7.12. The third-order valence-electron chi connectivity index (χ3n) is 5.75. The molecule has 0 heterocycles. The van der Waals surface area contributed by atoms with E-state index in [2.05, 4.69) is 31.4 Å². The van der Waals surface area contributed by atoms with Crippen molar-refractivity contribution in [3.8, 4) is 11.5 Å². The summed E-state index contributed by atoms with van der Waals surface area (Å²) in [4.78, 5) is 24.8. The lowest BCUT2D eigenvalue weighted by molar-refractivity contribution is -0.126. The lowest BCUT2D eigenvalue weighted by Gasteiger charge is -2.47. The molecule has 32 heavy (non-hydrogen) atoms. The van der Waals surface area contributed by atoms with Crippen LogP contribution in [0.4, 0.5) is 0 Å². The van der Waals surface area contributed by atoms with Crippen LogP contribution in [0.5, 0.6) is 11.5 Å². The number of carbonyl (C=O) groups excluding carboxylic acids is 2. The Balaban J connectivity index is 1.48. The van der Waals surface area contributed by atoms with Gasteiger partial charge in [-0.15, -0.1) is 0 Å². The van der Waals surface area contributed by atoms with E-state index in [9.17, 15) is 9.59 Å². The van der Waals surface area contributed by atoms with E-state index in [1.807, 2.05) is 60.7 Å². The number of ether oxygens (including phenoxy) is 2. The summed E-state index contributed by atoms with van der Waals surface area (Å²) in [7, 11) is 0. The van der Waals surface area contributed by atoms with Crippen LogP contribution in [-0.4, -0.2) is 37.6 Å². The first kappa shape index (κ1) is 23.6. The Hall–Kier alpha value is -3.02. The fourth-order valence-electron chi connectivity index (χ4n) is 4.83. The molecule has 172 valence electrons. The van der Waals surface area contributed by atoms with Crippen molar-refractivity contribution in [2.75, 3.05) is 19.8 Å². The average molecular weight is 439 g/mol. The predicted molar refractivity (Wildman–Crippen MR) is 125 cm³/mol. The zero-order chi connectivity index (χ0) is 23.0. The normalized spacial score (nSPS) is 21.9. The van der Waals surface area contributed by atoms with Crippen molar-refractivity contribution in [3.63, 3.8) is 0 Å². The van der Waals surface area contributed by atoms with Crippen LogP contribution >= 0.6 is 0 Å². The first-order valence-corrected chi connectivity index (χ1v) is 11.1. The van der Waals surface area contributed by atoms with Crippen LogP contribution in [0.2, 0.25) is 0 Å². The molecule has 6 nitrogen and oxygen atoms in total. The predicted octanol–water partition coefficient (Wildman–Crippen LogP) is 3.96. The summed E-state index contributed by atoms with van der Waals surface area (Å²) in [5, 5.41) is 6.15. The highest BCUT2D eigenvalue weighted by Crippen LogP contribution is 2.45. The molecule has 0 saturated heterocycles. The fourth-order valence-corrected chi connectivity index (χ4v) is 4.83. The van der Waals surface area contributed by atoms with E-state index in [1.54, 1.807) is 0 Å². The van der Waals surface area contributed by atoms with E-state index in [0.717, 1.165) is 19.3 Å². The highest BCUT2D eigenvalue weighted by Gasteiger charge is 2.41. The lowest BCUT2D eigenvalue weighted by atomic mass is 9.62. The summed E-state index contributed by atoms with van der Waals surface area (Å²) in [5.74, 6) is 1.08. The molecule has 2 unspecified atom stereocenters. The van der Waals surface area contributed by atoms with Gasteiger partial charge in [-0.2, -0.15) is 0 Å². The topological polar surface area (TPSA) is 76.7 Å². The van der Waals surface area contributed by atoms with Gasteiger partial charge in [-0.05, 0) is 54.4 Å². The van der Waals surface area contributed by atoms with Gasteiger partial charge in [0.25, 0.3) is 11.8 Å². The molecule has 1 aliphatic rings. The highest BCUT2D eigenvalue weighted by atomic mass is 16.5. The lowest BCUT2D eigenvalue weighted by Crippen LogP contribution is -2.51. The van der Waals surface area contributed by atoms with Gasteiger partial charge in [0.05, 0.1) is 0 Å². The summed E-state index contributed by atoms with van der Waals surface area (Å²) in [6.07, 6.45) is 2.66. The molecule has 2 atom stereocenters. The van der Waals surface area contributed by atoms with Crippen molar-refractivity contribution in [2.24, 2.45) is 10.8 Å². The van der Waals surface area contributed by atoms with Crippen LogP contribution in [-0.2, 0) is 9.59 Å². The van der Waals surface area contributed by atoms with Crippen molar-refractivity contribution in [2.45, 2.75) is 46.1 Å². The Morgan fingerprint density at radius 1 is 0.844 bits per heavy atom. The SMILES string of the molecule is CC1(C)CC(NC(=O)COc2ccccc2)CC(C)(CNC(=O)COc2ccccc2)C1. The summed E-state index contributed by atoms with van der Waals surface area (Å²) in [5.41, 5.74) is -0.0705. The van der Waals surface area contributed by atoms with E-state index >= 15 is 0 Å². The van der Waals surface area contributed by atoms with Crippen LogP contribution in [0.15, 0.2) is 60.7 Å². The van der Waals surface area contributed by atoms with Gasteiger partial charge >= 0.3 is 0 Å². The highest BCUT2D eigenvalue weighted by molar-refractivity contribution is 5.78. The standard InChI is InChI=1S/C26H34N2O4/c1-25(2)14-20(28-24(30)17-32-22-12-8-5-9-13-22)15-26(3,18-25)19-27-23(29)16-31-21-10-6-4-7-11-21/h4-13,20H,14-19H2,1-3H3,(H,27,29)(H,28,30). The van der Waals surface area contributed by atoms with Crippen molar-refractivity contribution in [1.82, 2.24) is 10.6 Å². The molecule has 3 rings (SSSR count). The summed E-state index contributed by atoms with van der Waals surface area (Å²) < 4.78 is 11.1. The molecule has 0 spiro atoms. The number of para-hydroxylation sites is 2. The zero-order valence-corrected chi connectivity index (χ0v) is 19.2. The van der Waals surface area contributed by atoms with Crippen molar-refractivity contribution in [1.29, 1.82) is 0 Å². The second-order valence-electron chi connectivity index (χ2n) is 9.80. The Morgan fingerprint density at radius 2 is 1.38 bits per heavy atom. The van der Waals surface area contributed by atoms with Crippen molar-refractivity contribution < 1.29 is 19.1 Å². The van der Waals surface area contributed by atoms with Gasteiger partial charge in [0.1, 0.15) is 11.5 Å². The van der Waals surface area contributed by atoms with Crippen molar-refractivity contribution in [3.05, 3.63) is 60.7 Å². The van der Waals surface area contributed by atoms with Gasteiger partial charge in [-0.1, -0.05) is 57.2 Å². The number of rotatable bonds is 9. The second kappa shape index (κ2) is 10.5. The Labute approximate surface area is 190 Å². The summed E-state index contributed by atoms with van der Waals surface area (Å²) >= 11 is 0. The molecule has 0 radical (unpaired) electrons. The third kappa shape index (κ3) is 7.59. The van der Waals surface area contributed by atoms with Crippen LogP contribution in [0.1, 0.15) is 40.0 Å². The molecule has 0 aromatic heterocycles. The Morgan fingerprint density at radius 3 is 1.94 bits per heavy atom. The van der Waals surface area contributed by atoms with Crippen LogP contribution in [0, 0.1) is 10.8 Å². The van der Waals surface area contributed by atoms with E-state index in [4.69, 9.17) is 9.47 Å². The van der Waals surface area contributed by atoms with Crippen LogP contribution in [0.25, 0.3) is 0 Å². The van der Waals surface area contributed by atoms with Gasteiger partial charge in [0.2, 0.25) is 0 Å². The monoisotopic (exact) mass is 438 g/mol. The first-order valence-electron chi connectivity index (χ1n) is 11.1. The second-order valence-corrected chi connectivity index (χ2v) is 9.80. The Bertz CT molecular complexity index is 885. The van der Waals surface area contributed by atoms with Gasteiger partial charge in [0.15, 0.2) is 13.2 Å². The quantitative estimate of drug-likeness (QED) is 0.621. The van der Waals surface area contributed by atoms with Gasteiger partial charge in [-0.3, -0.25) is 9.59 Å². The fraction of sp³-hybridized carbons (Fsp3) is 0.462. The number of hydrogen-bond donors (Lipinski definition) is 2. The largest absolute Gasteiger partial charge is 0.484 e. The Kier molecular flexibility index (Phi) is 7.78. The molecular weight excluding hydrogens is 404 g/mol. The van der Waals surface area contributed by atoms with Gasteiger partial charge in [-0.25, -0.2) is 0 Å². The van der Waals surface area contributed by atoms with Crippen LogP contribution < -0.4 is 20.1 Å². The molecule has 2 aromatic rings. The molecule has 1 aliphatic carbocycles. The molecule has 6 heteroatoms. The molecule has 2 aromatic carbocycles. The molecule has 2 N–H and O–H groups in total. The van der Waals surface area contributed by atoms with E-state index in [1.165, 1.54) is 0 Å². The van der Waals surface area contributed by atoms with E-state index < -0.39 is 0 Å². The maximum atomic E-state index is 12.5. The molecule has 0 aliphatic heterocycles. The average Bonchev–Trinajstić information content (AvgIpc) is 2.75. The number of amides is 2. The third-order valence-corrected chi connectivity index (χ3v) is 5.75. The van der Waals surface area contributed by atoms with E-state index in [0.29, 0.717) is 18.0 Å². The summed E-state index contributed by atoms with van der Waals surface area (Å²) in [6, 6.07) is 18.7. The van der Waals surface area contributed by atoms with E-state index in [-0.39, 0.29) is 41.9 Å². The smallest absolute Gasteiger partial charge is 0.258 e. The van der Waals surface area contributed by atoms with Crippen molar-refractivity contribution >= 4 is 11.8 Å². The first-order chi connectivity index (χ1) is 15.2. The maximum absolute atomic E-state index is 12.5. The maximum Gasteiger partial charge on any atom is 0.258 e. The number of nitrogens with one attached hydrogen (secondary N) is 2. The molecule has 1 saturated carbocycles. The molecule has 2 amide bonds. The van der Waals surface area contributed by atoms with Gasteiger partial charge < -0.3 is 20.1 Å². The number of benzene rings is 2. The minimum Gasteiger partial charge on any atom is -0.484 e. The minimum atomic E-state index is -0.143. The molecular formula is C26H34N2O4. The zero-order valence-electron chi connectivity index (χ0n) is 19.2. The van der Waals surface area contributed by atoms with Crippen LogP contribution in [0.3, 0.4) is 0 Å². The molecule has 1 fully saturated rings. The molecule has 0 bridgehead atoms.